The molecule has 1 heterocycles. The summed E-state index contributed by atoms with van der Waals surface area (Å²) in [5.74, 6) is -1.17. The fraction of sp³-hybridized carbons (Fsp3) is 0. The van der Waals surface area contributed by atoms with Crippen LogP contribution in [0, 0.1) is 11.3 Å². The lowest BCUT2D eigenvalue weighted by Gasteiger charge is -2.02. The van der Waals surface area contributed by atoms with Crippen LogP contribution in [-0.4, -0.2) is 21.0 Å². The second-order valence-electron chi connectivity index (χ2n) is 3.40. The lowest BCUT2D eigenvalue weighted by Crippen LogP contribution is -2.02. The molecule has 0 aliphatic carbocycles. The summed E-state index contributed by atoms with van der Waals surface area (Å²) in [5.41, 5.74) is 1.41. The van der Waals surface area contributed by atoms with Crippen LogP contribution in [0.25, 0.3) is 11.3 Å². The number of benzene rings is 1. The van der Waals surface area contributed by atoms with Crippen molar-refractivity contribution in [2.75, 3.05) is 0 Å². The van der Waals surface area contributed by atoms with Crippen molar-refractivity contribution in [3.63, 3.8) is 0 Å². The molecule has 0 saturated heterocycles. The van der Waals surface area contributed by atoms with Crippen molar-refractivity contribution in [3.05, 3.63) is 46.9 Å². The van der Waals surface area contributed by atoms with Crippen molar-refractivity contribution in [2.45, 2.75) is 0 Å². The monoisotopic (exact) mass is 259 g/mol. The Hall–Kier alpha value is -2.45. The highest BCUT2D eigenvalue weighted by Crippen LogP contribution is 2.20. The van der Waals surface area contributed by atoms with Crippen molar-refractivity contribution < 1.29 is 9.90 Å². The Balaban J connectivity index is 2.50. The highest BCUT2D eigenvalue weighted by Gasteiger charge is 2.10. The first-order valence-corrected chi connectivity index (χ1v) is 5.26. The summed E-state index contributed by atoms with van der Waals surface area (Å²) in [6.45, 7) is 0. The second-order valence-corrected chi connectivity index (χ2v) is 3.74. The zero-order valence-electron chi connectivity index (χ0n) is 8.96. The van der Waals surface area contributed by atoms with E-state index in [-0.39, 0.29) is 11.0 Å². The summed E-state index contributed by atoms with van der Waals surface area (Å²) >= 11 is 5.66. The number of nitrogens with zero attached hydrogens (tertiary/aromatic N) is 3. The molecule has 0 aliphatic rings. The molecule has 2 aromatic rings. The predicted molar refractivity (Wildman–Crippen MR) is 64.2 cm³/mol. The van der Waals surface area contributed by atoms with Gasteiger partial charge in [0.15, 0.2) is 5.69 Å². The van der Waals surface area contributed by atoms with E-state index >= 15 is 0 Å². The fourth-order valence-corrected chi connectivity index (χ4v) is 1.57. The molecule has 1 N–H and O–H groups in total. The SMILES string of the molecule is N#Cc1ccc(-c2cc(C(=O)O)nc(Cl)n2)cc1. The third-order valence-electron chi connectivity index (χ3n) is 2.23. The summed E-state index contributed by atoms with van der Waals surface area (Å²) in [4.78, 5) is 18.4. The van der Waals surface area contributed by atoms with E-state index in [1.54, 1.807) is 24.3 Å². The Morgan fingerprint density at radius 2 is 1.94 bits per heavy atom. The minimum absolute atomic E-state index is 0.130. The summed E-state index contributed by atoms with van der Waals surface area (Å²) in [6.07, 6.45) is 0. The maximum atomic E-state index is 10.8. The quantitative estimate of drug-likeness (QED) is 0.837. The minimum Gasteiger partial charge on any atom is -0.477 e. The average molecular weight is 260 g/mol. The van der Waals surface area contributed by atoms with Gasteiger partial charge in [0.1, 0.15) is 0 Å². The van der Waals surface area contributed by atoms with E-state index in [0.29, 0.717) is 16.8 Å². The van der Waals surface area contributed by atoms with E-state index in [4.69, 9.17) is 22.0 Å². The maximum Gasteiger partial charge on any atom is 0.354 e. The van der Waals surface area contributed by atoms with Gasteiger partial charge in [0.05, 0.1) is 17.3 Å². The van der Waals surface area contributed by atoms with Crippen LogP contribution in [-0.2, 0) is 0 Å². The summed E-state index contributed by atoms with van der Waals surface area (Å²) in [5, 5.41) is 17.4. The largest absolute Gasteiger partial charge is 0.477 e. The number of nitriles is 1. The van der Waals surface area contributed by atoms with E-state index < -0.39 is 5.97 Å². The molecule has 18 heavy (non-hydrogen) atoms. The number of rotatable bonds is 2. The molecule has 0 unspecified atom stereocenters. The second kappa shape index (κ2) is 4.82. The normalized spacial score (nSPS) is 9.78. The summed E-state index contributed by atoms with van der Waals surface area (Å²) in [6, 6.07) is 9.90. The lowest BCUT2D eigenvalue weighted by atomic mass is 10.1. The van der Waals surface area contributed by atoms with E-state index in [1.807, 2.05) is 6.07 Å². The topological polar surface area (TPSA) is 86.9 Å². The first-order chi connectivity index (χ1) is 8.60. The van der Waals surface area contributed by atoms with E-state index in [9.17, 15) is 4.79 Å². The van der Waals surface area contributed by atoms with Gasteiger partial charge in [-0.15, -0.1) is 0 Å². The van der Waals surface area contributed by atoms with Gasteiger partial charge in [-0.2, -0.15) is 5.26 Å². The van der Waals surface area contributed by atoms with Gasteiger partial charge >= 0.3 is 5.97 Å². The van der Waals surface area contributed by atoms with Gasteiger partial charge in [-0.3, -0.25) is 0 Å². The molecule has 0 aliphatic heterocycles. The molecule has 0 saturated carbocycles. The van der Waals surface area contributed by atoms with Crippen LogP contribution in [0.4, 0.5) is 0 Å². The van der Waals surface area contributed by atoms with Crippen LogP contribution in [0.3, 0.4) is 0 Å². The average Bonchev–Trinajstić information content (AvgIpc) is 2.38. The van der Waals surface area contributed by atoms with Gasteiger partial charge in [0, 0.05) is 5.56 Å². The van der Waals surface area contributed by atoms with Crippen molar-refractivity contribution >= 4 is 17.6 Å². The van der Waals surface area contributed by atoms with Crippen molar-refractivity contribution in [1.29, 1.82) is 5.26 Å². The molecule has 0 spiro atoms. The number of carbonyl (C=O) groups is 1. The number of aromatic carboxylic acids is 1. The molecule has 0 amide bonds. The molecule has 1 aromatic heterocycles. The molecule has 0 radical (unpaired) electrons. The van der Waals surface area contributed by atoms with Crippen molar-refractivity contribution in [2.24, 2.45) is 0 Å². The van der Waals surface area contributed by atoms with E-state index in [2.05, 4.69) is 9.97 Å². The van der Waals surface area contributed by atoms with E-state index in [1.165, 1.54) is 6.07 Å². The van der Waals surface area contributed by atoms with Gasteiger partial charge in [-0.25, -0.2) is 14.8 Å². The molecule has 5 nitrogen and oxygen atoms in total. The Morgan fingerprint density at radius 1 is 1.28 bits per heavy atom. The smallest absolute Gasteiger partial charge is 0.354 e. The number of halogens is 1. The standard InChI is InChI=1S/C12H6ClN3O2/c13-12-15-9(5-10(16-12)11(17)18)8-3-1-7(6-14)2-4-8/h1-5H,(H,17,18). The molecule has 2 rings (SSSR count). The first-order valence-electron chi connectivity index (χ1n) is 4.88. The minimum atomic E-state index is -1.17. The number of hydrogen-bond donors (Lipinski definition) is 1. The molecule has 6 heteroatoms. The molecular weight excluding hydrogens is 254 g/mol. The van der Waals surface area contributed by atoms with Crippen LogP contribution in [0.15, 0.2) is 30.3 Å². The highest BCUT2D eigenvalue weighted by atomic mass is 35.5. The third-order valence-corrected chi connectivity index (χ3v) is 2.40. The Bertz CT molecular complexity index is 647. The first kappa shape index (κ1) is 12.0. The number of aromatic nitrogens is 2. The fourth-order valence-electron chi connectivity index (χ4n) is 1.39. The van der Waals surface area contributed by atoms with Gasteiger partial charge < -0.3 is 5.11 Å². The maximum absolute atomic E-state index is 10.8. The Labute approximate surface area is 107 Å². The van der Waals surface area contributed by atoms with Crippen LogP contribution in [0.5, 0.6) is 0 Å². The van der Waals surface area contributed by atoms with Gasteiger partial charge in [-0.1, -0.05) is 12.1 Å². The zero-order chi connectivity index (χ0) is 13.1. The van der Waals surface area contributed by atoms with Gasteiger partial charge in [-0.05, 0) is 29.8 Å². The molecule has 0 fully saturated rings. The summed E-state index contributed by atoms with van der Waals surface area (Å²) in [7, 11) is 0. The van der Waals surface area contributed by atoms with Crippen LogP contribution in [0.1, 0.15) is 16.1 Å². The molecule has 1 aromatic carbocycles. The molecular formula is C12H6ClN3O2. The van der Waals surface area contributed by atoms with Crippen molar-refractivity contribution in [1.82, 2.24) is 9.97 Å². The Kier molecular flexibility index (Phi) is 3.22. The van der Waals surface area contributed by atoms with Crippen molar-refractivity contribution in [3.8, 4) is 17.3 Å². The number of hydrogen-bond acceptors (Lipinski definition) is 4. The van der Waals surface area contributed by atoms with Gasteiger partial charge in [0.25, 0.3) is 0 Å². The number of carboxylic acids is 1. The highest BCUT2D eigenvalue weighted by molar-refractivity contribution is 6.28. The summed E-state index contributed by atoms with van der Waals surface area (Å²) < 4.78 is 0. The third kappa shape index (κ3) is 2.44. The van der Waals surface area contributed by atoms with Crippen LogP contribution >= 0.6 is 11.6 Å². The van der Waals surface area contributed by atoms with E-state index in [0.717, 1.165) is 0 Å². The zero-order valence-corrected chi connectivity index (χ0v) is 9.72. The molecule has 0 bridgehead atoms. The van der Waals surface area contributed by atoms with Crippen LogP contribution in [0.2, 0.25) is 5.28 Å². The predicted octanol–water partition coefficient (Wildman–Crippen LogP) is 2.37. The van der Waals surface area contributed by atoms with Gasteiger partial charge in [0.2, 0.25) is 5.28 Å². The molecule has 0 atom stereocenters. The molecule has 88 valence electrons. The van der Waals surface area contributed by atoms with Crippen LogP contribution < -0.4 is 0 Å². The lowest BCUT2D eigenvalue weighted by molar-refractivity contribution is 0.0690. The Morgan fingerprint density at radius 3 is 2.50 bits per heavy atom. The number of carboxylic acid groups (broad SMARTS) is 1.